The third-order valence-corrected chi connectivity index (χ3v) is 7.62. The average Bonchev–Trinajstić information content (AvgIpc) is 3.84. The van der Waals surface area contributed by atoms with Crippen LogP contribution in [-0.2, 0) is 43.2 Å². The molecule has 4 atom stereocenters. The lowest BCUT2D eigenvalue weighted by molar-refractivity contribution is -0.134. The van der Waals surface area contributed by atoms with Gasteiger partial charge in [-0.05, 0) is 24.5 Å². The van der Waals surface area contributed by atoms with E-state index in [-0.39, 0.29) is 44.6 Å². The number of H-pyrrole nitrogens is 3. The molecule has 0 aliphatic rings. The fourth-order valence-electron chi connectivity index (χ4n) is 5.23. The Balaban J connectivity index is 1.53. The lowest BCUT2D eigenvalue weighted by Crippen LogP contribution is -2.59. The largest absolute Gasteiger partial charge is 0.370 e. The minimum Gasteiger partial charge on any atom is -0.370 e. The number of benzene rings is 1. The Bertz CT molecular complexity index is 1750. The molecule has 0 radical (unpaired) electrons. The highest BCUT2D eigenvalue weighted by Gasteiger charge is 2.31. The topological polar surface area (TPSA) is 297 Å². The highest BCUT2D eigenvalue weighted by atomic mass is 16.2. The Hall–Kier alpha value is -6.20. The van der Waals surface area contributed by atoms with Gasteiger partial charge in [-0.1, -0.05) is 18.2 Å². The molecule has 18 nitrogen and oxygen atoms in total. The van der Waals surface area contributed by atoms with Gasteiger partial charge >= 0.3 is 0 Å². The van der Waals surface area contributed by atoms with E-state index in [9.17, 15) is 24.0 Å². The molecular formula is C31H41N13O5. The Morgan fingerprint density at radius 1 is 0.755 bits per heavy atom. The summed E-state index contributed by atoms with van der Waals surface area (Å²) in [6.45, 7) is 1.43. The number of para-hydroxylation sites is 1. The van der Waals surface area contributed by atoms with E-state index in [0.717, 1.165) is 16.5 Å². The van der Waals surface area contributed by atoms with Crippen molar-refractivity contribution in [1.29, 1.82) is 0 Å². The van der Waals surface area contributed by atoms with Crippen LogP contribution in [0.3, 0.4) is 0 Å². The van der Waals surface area contributed by atoms with Crippen LogP contribution in [0.4, 0.5) is 0 Å². The Morgan fingerprint density at radius 2 is 1.33 bits per heavy atom. The predicted molar refractivity (Wildman–Crippen MR) is 179 cm³/mol. The van der Waals surface area contributed by atoms with Crippen LogP contribution in [0.15, 0.2) is 60.5 Å². The number of imidazole rings is 2. The lowest BCUT2D eigenvalue weighted by atomic mass is 10.0. The summed E-state index contributed by atoms with van der Waals surface area (Å²) < 4.78 is 0. The zero-order valence-electron chi connectivity index (χ0n) is 26.9. The van der Waals surface area contributed by atoms with E-state index in [1.54, 1.807) is 6.20 Å². The second-order valence-electron chi connectivity index (χ2n) is 11.4. The minimum absolute atomic E-state index is 0.0266. The van der Waals surface area contributed by atoms with Gasteiger partial charge in [-0.15, -0.1) is 0 Å². The van der Waals surface area contributed by atoms with E-state index in [1.807, 2.05) is 24.3 Å². The number of nitrogens with two attached hydrogens (primary N) is 3. The lowest BCUT2D eigenvalue weighted by Gasteiger charge is -2.26. The molecule has 0 bridgehead atoms. The van der Waals surface area contributed by atoms with Gasteiger partial charge in [-0.3, -0.25) is 29.0 Å². The highest BCUT2D eigenvalue weighted by molar-refractivity contribution is 5.95. The standard InChI is InChI=1S/C31H41N13O5/c1-17(45)41-25(10-19-13-35-15-39-19)29(48)44-26(11-20-14-36-16-40-20)30(49)42-23(7-4-8-37-31(33)34)28(47)43-24(27(32)46)9-18-12-38-22-6-3-2-5-21(18)22/h2-3,5-6,12-16,23-26,38H,4,7-11H2,1H3,(H2,32,46)(H,35,39)(H,36,40)(H,41,45)(H,42,49)(H,43,47)(H,44,48)(H4,33,34,37)/t23-,24-,25-,26-/m0/s1. The van der Waals surface area contributed by atoms with Gasteiger partial charge in [0.25, 0.3) is 0 Å². The van der Waals surface area contributed by atoms with E-state index >= 15 is 0 Å². The number of aliphatic imine (C=N–C) groups is 1. The zero-order valence-corrected chi connectivity index (χ0v) is 26.9. The maximum Gasteiger partial charge on any atom is 0.243 e. The molecular weight excluding hydrogens is 634 g/mol. The summed E-state index contributed by atoms with van der Waals surface area (Å²) in [4.78, 5) is 86.2. The number of amides is 5. The number of primary amides is 1. The van der Waals surface area contributed by atoms with Gasteiger partial charge in [-0.25, -0.2) is 9.97 Å². The van der Waals surface area contributed by atoms with Crippen molar-refractivity contribution in [2.24, 2.45) is 22.2 Å². The van der Waals surface area contributed by atoms with Crippen LogP contribution >= 0.6 is 0 Å². The molecule has 0 saturated carbocycles. The Labute approximate surface area is 280 Å². The summed E-state index contributed by atoms with van der Waals surface area (Å²) >= 11 is 0. The van der Waals surface area contributed by atoms with Crippen molar-refractivity contribution in [3.8, 4) is 0 Å². The number of carbonyl (C=O) groups is 5. The first-order valence-corrected chi connectivity index (χ1v) is 15.5. The van der Waals surface area contributed by atoms with Crippen molar-refractivity contribution in [1.82, 2.24) is 46.2 Å². The summed E-state index contributed by atoms with van der Waals surface area (Å²) in [6.07, 6.45) is 8.11. The van der Waals surface area contributed by atoms with Crippen molar-refractivity contribution in [3.05, 3.63) is 72.5 Å². The monoisotopic (exact) mass is 675 g/mol. The number of rotatable bonds is 18. The SMILES string of the molecule is CC(=O)N[C@@H](Cc1cnc[nH]1)C(=O)N[C@@H](Cc1cnc[nH]1)C(=O)N[C@@H](CCCN=C(N)N)C(=O)N[C@@H](Cc1c[nH]c2ccccc12)C(N)=O. The van der Waals surface area contributed by atoms with Crippen LogP contribution in [0.1, 0.15) is 36.7 Å². The van der Waals surface area contributed by atoms with Crippen molar-refractivity contribution in [2.45, 2.75) is 63.2 Å². The van der Waals surface area contributed by atoms with Crippen LogP contribution in [-0.4, -0.2) is 91.1 Å². The van der Waals surface area contributed by atoms with Crippen LogP contribution < -0.4 is 38.5 Å². The number of hydrogen-bond donors (Lipinski definition) is 10. The van der Waals surface area contributed by atoms with Crippen molar-refractivity contribution in [2.75, 3.05) is 6.54 Å². The molecule has 1 aromatic carbocycles. The van der Waals surface area contributed by atoms with Crippen LogP contribution in [0.2, 0.25) is 0 Å². The van der Waals surface area contributed by atoms with Crippen LogP contribution in [0, 0.1) is 0 Å². The number of hydrogen-bond acceptors (Lipinski definition) is 8. The van der Waals surface area contributed by atoms with Gasteiger partial charge in [0.15, 0.2) is 5.96 Å². The van der Waals surface area contributed by atoms with E-state index < -0.39 is 53.7 Å². The van der Waals surface area contributed by atoms with Crippen molar-refractivity contribution in [3.63, 3.8) is 0 Å². The molecule has 0 fully saturated rings. The van der Waals surface area contributed by atoms with E-state index in [1.165, 1.54) is 32.0 Å². The van der Waals surface area contributed by atoms with Gasteiger partial charge in [0, 0.05) is 73.6 Å². The summed E-state index contributed by atoms with van der Waals surface area (Å²) in [7, 11) is 0. The molecule has 0 saturated heterocycles. The molecule has 18 heteroatoms. The molecule has 5 amide bonds. The van der Waals surface area contributed by atoms with Crippen LogP contribution in [0.5, 0.6) is 0 Å². The Kier molecular flexibility index (Phi) is 12.4. The molecule has 49 heavy (non-hydrogen) atoms. The number of nitrogens with zero attached hydrogens (tertiary/aromatic N) is 3. The molecule has 0 unspecified atom stereocenters. The highest BCUT2D eigenvalue weighted by Crippen LogP contribution is 2.19. The zero-order chi connectivity index (χ0) is 35.3. The number of carbonyl (C=O) groups excluding carboxylic acids is 5. The third kappa shape index (κ3) is 10.7. The summed E-state index contributed by atoms with van der Waals surface area (Å²) in [5, 5.41) is 11.5. The van der Waals surface area contributed by atoms with Gasteiger partial charge in [0.1, 0.15) is 24.2 Å². The average molecular weight is 676 g/mol. The van der Waals surface area contributed by atoms with E-state index in [0.29, 0.717) is 11.4 Å². The van der Waals surface area contributed by atoms with Crippen LogP contribution in [0.25, 0.3) is 10.9 Å². The molecule has 0 aliphatic heterocycles. The number of guanidine groups is 1. The number of fused-ring (bicyclic) bond motifs is 1. The first-order valence-electron chi connectivity index (χ1n) is 15.5. The van der Waals surface area contributed by atoms with Crippen molar-refractivity contribution >= 4 is 46.4 Å². The second-order valence-corrected chi connectivity index (χ2v) is 11.4. The first kappa shape index (κ1) is 35.7. The van der Waals surface area contributed by atoms with E-state index in [4.69, 9.17) is 17.2 Å². The molecule has 3 aromatic heterocycles. The molecule has 4 rings (SSSR count). The van der Waals surface area contributed by atoms with Gasteiger partial charge in [0.05, 0.1) is 12.7 Å². The smallest absolute Gasteiger partial charge is 0.243 e. The van der Waals surface area contributed by atoms with E-state index in [2.05, 4.69) is 51.2 Å². The molecule has 13 N–H and O–H groups in total. The number of aromatic nitrogens is 5. The molecule has 260 valence electrons. The minimum atomic E-state index is -1.21. The third-order valence-electron chi connectivity index (χ3n) is 7.62. The Morgan fingerprint density at radius 3 is 1.90 bits per heavy atom. The normalized spacial score (nSPS) is 13.4. The second kappa shape index (κ2) is 17.1. The van der Waals surface area contributed by atoms with Gasteiger partial charge in [-0.2, -0.15) is 0 Å². The summed E-state index contributed by atoms with van der Waals surface area (Å²) in [5.41, 5.74) is 19.3. The summed E-state index contributed by atoms with van der Waals surface area (Å²) in [6, 6.07) is 2.95. The van der Waals surface area contributed by atoms with Gasteiger partial charge < -0.3 is 53.4 Å². The number of aromatic amines is 3. The molecule has 0 spiro atoms. The molecule has 4 aromatic rings. The quantitative estimate of drug-likeness (QED) is 0.0321. The number of nitrogens with one attached hydrogen (secondary N) is 7. The summed E-state index contributed by atoms with van der Waals surface area (Å²) in [5.74, 6) is -3.39. The fraction of sp³-hybridized carbons (Fsp3) is 0.355. The van der Waals surface area contributed by atoms with Crippen molar-refractivity contribution < 1.29 is 24.0 Å². The van der Waals surface area contributed by atoms with Gasteiger partial charge in [0.2, 0.25) is 29.5 Å². The first-order chi connectivity index (χ1) is 23.5. The molecule has 3 heterocycles. The fourth-order valence-corrected chi connectivity index (χ4v) is 5.23. The maximum atomic E-state index is 13.8. The molecule has 0 aliphatic carbocycles. The predicted octanol–water partition coefficient (Wildman–Crippen LogP) is -1.86. The maximum absolute atomic E-state index is 13.8.